The number of nitrogens with one attached hydrogen (secondary N) is 2. The van der Waals surface area contributed by atoms with Gasteiger partial charge >= 0.3 is 6.18 Å². The molecule has 0 saturated carbocycles. The number of nitrogens with zero attached hydrogens (tertiary/aromatic N) is 1. The first-order valence-corrected chi connectivity index (χ1v) is 7.18. The highest BCUT2D eigenvalue weighted by atomic mass is 19.4. The summed E-state index contributed by atoms with van der Waals surface area (Å²) in [5.41, 5.74) is -0.772. The molecule has 22 heavy (non-hydrogen) atoms. The van der Waals surface area contributed by atoms with E-state index in [9.17, 15) is 13.2 Å². The second-order valence-electron chi connectivity index (χ2n) is 4.90. The van der Waals surface area contributed by atoms with Crippen LogP contribution in [-0.4, -0.2) is 31.7 Å². The smallest absolute Gasteiger partial charge is 0.419 e. The molecule has 0 amide bonds. The molecule has 0 spiro atoms. The Morgan fingerprint density at radius 3 is 2.55 bits per heavy atom. The number of rotatable bonds is 6. The fraction of sp³-hybridized carbons (Fsp3) is 0.533. The first kappa shape index (κ1) is 18.1. The van der Waals surface area contributed by atoms with E-state index >= 15 is 0 Å². The van der Waals surface area contributed by atoms with Gasteiger partial charge in [0.1, 0.15) is 12.4 Å². The van der Waals surface area contributed by atoms with Crippen LogP contribution in [0.5, 0.6) is 5.75 Å². The van der Waals surface area contributed by atoms with E-state index in [0.29, 0.717) is 12.5 Å². The Balaban J connectivity index is 2.60. The number of hydrogen-bond acceptors (Lipinski definition) is 2. The van der Waals surface area contributed by atoms with E-state index in [4.69, 9.17) is 4.74 Å². The Bertz CT molecular complexity index is 487. The minimum absolute atomic E-state index is 0.0712. The summed E-state index contributed by atoms with van der Waals surface area (Å²) in [6.07, 6.45) is -4.42. The highest BCUT2D eigenvalue weighted by Crippen LogP contribution is 2.35. The van der Waals surface area contributed by atoms with Gasteiger partial charge in [-0.2, -0.15) is 13.2 Å². The summed E-state index contributed by atoms with van der Waals surface area (Å²) >= 11 is 0. The molecule has 0 aromatic heterocycles. The van der Waals surface area contributed by atoms with Gasteiger partial charge in [0, 0.05) is 12.6 Å². The monoisotopic (exact) mass is 317 g/mol. The van der Waals surface area contributed by atoms with Gasteiger partial charge in [-0.3, -0.25) is 0 Å². The first-order valence-electron chi connectivity index (χ1n) is 7.18. The third-order valence-electron chi connectivity index (χ3n) is 2.58. The maximum Gasteiger partial charge on any atom is 0.419 e. The summed E-state index contributed by atoms with van der Waals surface area (Å²) in [5, 5.41) is 6.17. The summed E-state index contributed by atoms with van der Waals surface area (Å²) in [6.45, 7) is 6.92. The fourth-order valence-corrected chi connectivity index (χ4v) is 1.73. The highest BCUT2D eigenvalue weighted by Gasteiger charge is 2.33. The van der Waals surface area contributed by atoms with Crippen LogP contribution in [0.4, 0.5) is 13.2 Å². The van der Waals surface area contributed by atoms with Gasteiger partial charge in [-0.25, -0.2) is 4.99 Å². The fourth-order valence-electron chi connectivity index (χ4n) is 1.73. The summed E-state index contributed by atoms with van der Waals surface area (Å²) < 4.78 is 43.6. The first-order chi connectivity index (χ1) is 10.3. The lowest BCUT2D eigenvalue weighted by Gasteiger charge is -2.15. The van der Waals surface area contributed by atoms with E-state index in [2.05, 4.69) is 15.6 Å². The molecule has 0 fully saturated rings. The number of aliphatic imine (C=N–C) groups is 1. The molecule has 0 unspecified atom stereocenters. The quantitative estimate of drug-likeness (QED) is 0.481. The maximum absolute atomic E-state index is 12.8. The zero-order valence-corrected chi connectivity index (χ0v) is 13.0. The standard InChI is InChI=1S/C15H22F3N3O/c1-4-19-14(21-11(2)3)20-9-10-22-13-8-6-5-7-12(13)15(16,17)18/h5-8,11H,4,9-10H2,1-3H3,(H2,19,20,21). The van der Waals surface area contributed by atoms with Crippen LogP contribution in [0.2, 0.25) is 0 Å². The molecule has 2 N–H and O–H groups in total. The number of ether oxygens (including phenoxy) is 1. The van der Waals surface area contributed by atoms with E-state index < -0.39 is 11.7 Å². The van der Waals surface area contributed by atoms with Gasteiger partial charge in [-0.15, -0.1) is 0 Å². The van der Waals surface area contributed by atoms with Crippen LogP contribution in [0.3, 0.4) is 0 Å². The van der Waals surface area contributed by atoms with Crippen LogP contribution < -0.4 is 15.4 Å². The predicted octanol–water partition coefficient (Wildman–Crippen LogP) is 3.05. The Morgan fingerprint density at radius 1 is 1.27 bits per heavy atom. The van der Waals surface area contributed by atoms with E-state index in [0.717, 1.165) is 6.07 Å². The minimum Gasteiger partial charge on any atom is -0.491 e. The van der Waals surface area contributed by atoms with Crippen LogP contribution >= 0.6 is 0 Å². The number of benzene rings is 1. The van der Waals surface area contributed by atoms with Crippen molar-refractivity contribution in [3.63, 3.8) is 0 Å². The van der Waals surface area contributed by atoms with Crippen LogP contribution in [0.1, 0.15) is 26.3 Å². The minimum atomic E-state index is -4.42. The van der Waals surface area contributed by atoms with Gasteiger partial charge in [0.05, 0.1) is 12.1 Å². The lowest BCUT2D eigenvalue weighted by molar-refractivity contribution is -0.138. The van der Waals surface area contributed by atoms with Crippen LogP contribution in [0.25, 0.3) is 0 Å². The van der Waals surface area contributed by atoms with Crippen LogP contribution in [-0.2, 0) is 6.18 Å². The van der Waals surface area contributed by atoms with Crippen molar-refractivity contribution >= 4 is 5.96 Å². The Labute approximate surface area is 128 Å². The average Bonchev–Trinajstić information content (AvgIpc) is 2.42. The second-order valence-corrected chi connectivity index (χ2v) is 4.90. The van der Waals surface area contributed by atoms with Crippen molar-refractivity contribution in [3.05, 3.63) is 29.8 Å². The number of hydrogen-bond donors (Lipinski definition) is 2. The Morgan fingerprint density at radius 2 is 1.95 bits per heavy atom. The number of alkyl halides is 3. The molecule has 124 valence electrons. The van der Waals surface area contributed by atoms with E-state index in [-0.39, 0.29) is 24.9 Å². The third-order valence-corrected chi connectivity index (χ3v) is 2.58. The van der Waals surface area contributed by atoms with E-state index in [1.807, 2.05) is 20.8 Å². The van der Waals surface area contributed by atoms with Crippen LogP contribution in [0.15, 0.2) is 29.3 Å². The molecule has 0 aliphatic carbocycles. The molecule has 0 saturated heterocycles. The molecule has 4 nitrogen and oxygen atoms in total. The average molecular weight is 317 g/mol. The van der Waals surface area contributed by atoms with E-state index in [1.165, 1.54) is 18.2 Å². The van der Waals surface area contributed by atoms with Crippen molar-refractivity contribution in [2.24, 2.45) is 4.99 Å². The molecular weight excluding hydrogens is 295 g/mol. The second kappa shape index (κ2) is 8.51. The van der Waals surface area contributed by atoms with Crippen molar-refractivity contribution in [2.75, 3.05) is 19.7 Å². The van der Waals surface area contributed by atoms with Gasteiger partial charge in [-0.05, 0) is 32.9 Å². The molecule has 0 atom stereocenters. The molecule has 0 radical (unpaired) electrons. The normalized spacial score (nSPS) is 12.4. The number of guanidine groups is 1. The Hall–Kier alpha value is -1.92. The number of para-hydroxylation sites is 1. The van der Waals surface area contributed by atoms with Crippen LogP contribution in [0, 0.1) is 0 Å². The number of halogens is 3. The topological polar surface area (TPSA) is 45.7 Å². The van der Waals surface area contributed by atoms with E-state index in [1.54, 1.807) is 0 Å². The molecule has 1 aromatic rings. The van der Waals surface area contributed by atoms with Crippen molar-refractivity contribution < 1.29 is 17.9 Å². The lowest BCUT2D eigenvalue weighted by atomic mass is 10.2. The summed E-state index contributed by atoms with van der Waals surface area (Å²) in [4.78, 5) is 4.25. The van der Waals surface area contributed by atoms with Gasteiger partial charge in [0.15, 0.2) is 5.96 Å². The predicted molar refractivity (Wildman–Crippen MR) is 81.2 cm³/mol. The zero-order valence-electron chi connectivity index (χ0n) is 13.0. The van der Waals surface area contributed by atoms with Gasteiger partial charge in [0.25, 0.3) is 0 Å². The van der Waals surface area contributed by atoms with Crippen molar-refractivity contribution in [1.29, 1.82) is 0 Å². The molecule has 1 aromatic carbocycles. The van der Waals surface area contributed by atoms with Gasteiger partial charge in [0.2, 0.25) is 0 Å². The molecule has 0 aliphatic heterocycles. The zero-order chi connectivity index (χ0) is 16.6. The Kier molecular flexibility index (Phi) is 7.01. The largest absolute Gasteiger partial charge is 0.491 e. The molecule has 0 heterocycles. The molecule has 7 heteroatoms. The van der Waals surface area contributed by atoms with Crippen molar-refractivity contribution in [2.45, 2.75) is 33.0 Å². The van der Waals surface area contributed by atoms with Crippen molar-refractivity contribution in [1.82, 2.24) is 10.6 Å². The molecular formula is C15H22F3N3O. The lowest BCUT2D eigenvalue weighted by Crippen LogP contribution is -2.41. The SMILES string of the molecule is CCNC(=NCCOc1ccccc1C(F)(F)F)NC(C)C. The van der Waals surface area contributed by atoms with Gasteiger partial charge < -0.3 is 15.4 Å². The van der Waals surface area contributed by atoms with Gasteiger partial charge in [-0.1, -0.05) is 12.1 Å². The highest BCUT2D eigenvalue weighted by molar-refractivity contribution is 5.79. The summed E-state index contributed by atoms with van der Waals surface area (Å²) in [6, 6.07) is 5.37. The maximum atomic E-state index is 12.8. The molecule has 1 rings (SSSR count). The van der Waals surface area contributed by atoms with Crippen molar-refractivity contribution in [3.8, 4) is 5.75 Å². The molecule has 0 aliphatic rings. The summed E-state index contributed by atoms with van der Waals surface area (Å²) in [7, 11) is 0. The summed E-state index contributed by atoms with van der Waals surface area (Å²) in [5.74, 6) is 0.442. The molecule has 0 bridgehead atoms. The third kappa shape index (κ3) is 6.24.